The second kappa shape index (κ2) is 10.3. The van der Waals surface area contributed by atoms with Gasteiger partial charge >= 0.3 is 6.03 Å². The molecule has 5 nitrogen and oxygen atoms in total. The van der Waals surface area contributed by atoms with E-state index >= 15 is 0 Å². The molecule has 5 heteroatoms. The molecule has 0 aliphatic rings. The zero-order chi connectivity index (χ0) is 15.5. The Labute approximate surface area is 122 Å². The van der Waals surface area contributed by atoms with Gasteiger partial charge in [0.15, 0.2) is 0 Å². The van der Waals surface area contributed by atoms with Crippen molar-refractivity contribution in [3.05, 3.63) is 11.3 Å². The molecule has 4 N–H and O–H groups in total. The molecule has 0 saturated carbocycles. The first-order chi connectivity index (χ1) is 9.38. The van der Waals surface area contributed by atoms with E-state index < -0.39 is 6.03 Å². The van der Waals surface area contributed by atoms with E-state index in [1.165, 1.54) is 19.3 Å². The van der Waals surface area contributed by atoms with Crippen molar-refractivity contribution in [2.75, 3.05) is 6.61 Å². The average molecular weight is 283 g/mol. The Balaban J connectivity index is 3.91. The van der Waals surface area contributed by atoms with Gasteiger partial charge in [0, 0.05) is 11.3 Å². The van der Waals surface area contributed by atoms with Gasteiger partial charge in [0.1, 0.15) is 0 Å². The fourth-order valence-corrected chi connectivity index (χ4v) is 1.96. The number of carbonyl (C=O) groups excluding carboxylic acids is 1. The zero-order valence-corrected chi connectivity index (χ0v) is 13.2. The van der Waals surface area contributed by atoms with Crippen LogP contribution in [0.5, 0.6) is 0 Å². The summed E-state index contributed by atoms with van der Waals surface area (Å²) in [5, 5.41) is 10.2. The first-order valence-electron chi connectivity index (χ1n) is 7.34. The number of carbonyl (C=O) groups is 1. The van der Waals surface area contributed by atoms with E-state index in [1.54, 1.807) is 13.8 Å². The van der Waals surface area contributed by atoms with E-state index in [1.807, 2.05) is 0 Å². The van der Waals surface area contributed by atoms with Gasteiger partial charge in [-0.1, -0.05) is 33.1 Å². The maximum atomic E-state index is 10.7. The topological polar surface area (TPSA) is 88.2 Å². The van der Waals surface area contributed by atoms with Crippen LogP contribution >= 0.6 is 0 Å². The van der Waals surface area contributed by atoms with Crippen LogP contribution in [0.4, 0.5) is 4.79 Å². The molecule has 0 aromatic carbocycles. The number of urea groups is 1. The average Bonchev–Trinajstić information content (AvgIpc) is 2.36. The molecule has 0 bridgehead atoms. The number of nitrogens with two attached hydrogens (primary N) is 1. The number of rotatable bonds is 9. The van der Waals surface area contributed by atoms with Gasteiger partial charge in [-0.25, -0.2) is 4.79 Å². The molecule has 20 heavy (non-hydrogen) atoms. The molecule has 0 aromatic rings. The van der Waals surface area contributed by atoms with Crippen LogP contribution in [-0.2, 0) is 4.74 Å². The van der Waals surface area contributed by atoms with Gasteiger partial charge in [0.2, 0.25) is 5.90 Å². The maximum Gasteiger partial charge on any atom is 0.316 e. The number of hydrogen-bond acceptors (Lipinski definition) is 3. The van der Waals surface area contributed by atoms with Gasteiger partial charge in [0.25, 0.3) is 0 Å². The van der Waals surface area contributed by atoms with Crippen molar-refractivity contribution in [1.29, 1.82) is 5.41 Å². The fraction of sp³-hybridized carbons (Fsp3) is 0.733. The Morgan fingerprint density at radius 3 is 2.50 bits per heavy atom. The minimum atomic E-state index is -0.625. The molecule has 0 heterocycles. The van der Waals surface area contributed by atoms with Crippen molar-refractivity contribution < 1.29 is 9.53 Å². The van der Waals surface area contributed by atoms with Crippen LogP contribution in [0.15, 0.2) is 11.3 Å². The molecule has 1 atom stereocenters. The Morgan fingerprint density at radius 1 is 1.30 bits per heavy atom. The molecule has 0 radical (unpaired) electrons. The van der Waals surface area contributed by atoms with E-state index in [0.717, 1.165) is 18.8 Å². The van der Waals surface area contributed by atoms with Crippen LogP contribution in [0.1, 0.15) is 59.8 Å². The maximum absolute atomic E-state index is 10.7. The Kier molecular flexibility index (Phi) is 9.51. The first-order valence-corrected chi connectivity index (χ1v) is 7.34. The second-order valence-corrected chi connectivity index (χ2v) is 5.31. The van der Waals surface area contributed by atoms with Crippen molar-refractivity contribution in [1.82, 2.24) is 5.32 Å². The van der Waals surface area contributed by atoms with E-state index in [4.69, 9.17) is 15.9 Å². The van der Waals surface area contributed by atoms with E-state index in [2.05, 4.69) is 19.2 Å². The van der Waals surface area contributed by atoms with Crippen molar-refractivity contribution in [3.8, 4) is 0 Å². The summed E-state index contributed by atoms with van der Waals surface area (Å²) in [6.45, 7) is 8.46. The number of unbranched alkanes of at least 4 members (excludes halogenated alkanes) is 1. The van der Waals surface area contributed by atoms with Gasteiger partial charge in [-0.15, -0.1) is 0 Å². The number of hydrogen-bond donors (Lipinski definition) is 3. The highest BCUT2D eigenvalue weighted by Gasteiger charge is 2.07. The van der Waals surface area contributed by atoms with Crippen molar-refractivity contribution >= 4 is 11.9 Å². The lowest BCUT2D eigenvalue weighted by atomic mass is 9.99. The molecule has 0 spiro atoms. The lowest BCUT2D eigenvalue weighted by Gasteiger charge is -2.12. The molecule has 0 rings (SSSR count). The molecular weight excluding hydrogens is 254 g/mol. The van der Waals surface area contributed by atoms with Crippen LogP contribution in [0.3, 0.4) is 0 Å². The van der Waals surface area contributed by atoms with Crippen molar-refractivity contribution in [2.45, 2.75) is 59.8 Å². The molecule has 0 aromatic heterocycles. The van der Waals surface area contributed by atoms with Crippen LogP contribution in [0, 0.1) is 11.3 Å². The molecule has 0 aliphatic carbocycles. The largest absolute Gasteiger partial charge is 0.478 e. The van der Waals surface area contributed by atoms with Gasteiger partial charge in [-0.3, -0.25) is 5.41 Å². The molecule has 1 unspecified atom stereocenters. The minimum absolute atomic E-state index is 0.0952. The number of allylic oxidation sites excluding steroid dienone is 1. The third-order valence-corrected chi connectivity index (χ3v) is 3.33. The lowest BCUT2D eigenvalue weighted by molar-refractivity contribution is 0.251. The van der Waals surface area contributed by atoms with Gasteiger partial charge in [0.05, 0.1) is 6.61 Å². The summed E-state index contributed by atoms with van der Waals surface area (Å²) < 4.78 is 5.38. The molecule has 0 aliphatic heterocycles. The van der Waals surface area contributed by atoms with Crippen molar-refractivity contribution in [2.24, 2.45) is 11.7 Å². The van der Waals surface area contributed by atoms with Crippen molar-refractivity contribution in [3.63, 3.8) is 0 Å². The molecule has 0 fully saturated rings. The summed E-state index contributed by atoms with van der Waals surface area (Å²) in [5.74, 6) is 0.862. The van der Waals surface area contributed by atoms with Gasteiger partial charge < -0.3 is 15.8 Å². The highest BCUT2D eigenvalue weighted by molar-refractivity contribution is 5.91. The molecule has 2 amide bonds. The van der Waals surface area contributed by atoms with Crippen LogP contribution in [-0.4, -0.2) is 18.5 Å². The monoisotopic (exact) mass is 283 g/mol. The SMILES string of the molecule is CCCC(C)CCCCOC(=N)/C(C)=C(\C)NC(N)=O. The third-order valence-electron chi connectivity index (χ3n) is 3.33. The predicted molar refractivity (Wildman–Crippen MR) is 82.7 cm³/mol. The Hall–Kier alpha value is -1.52. The summed E-state index contributed by atoms with van der Waals surface area (Å²) in [7, 11) is 0. The smallest absolute Gasteiger partial charge is 0.316 e. The lowest BCUT2D eigenvalue weighted by Crippen LogP contribution is -2.29. The van der Waals surface area contributed by atoms with E-state index in [0.29, 0.717) is 17.9 Å². The van der Waals surface area contributed by atoms with Gasteiger partial charge in [-0.2, -0.15) is 0 Å². The fourth-order valence-electron chi connectivity index (χ4n) is 1.96. The summed E-state index contributed by atoms with van der Waals surface area (Å²) in [5.41, 5.74) is 6.18. The standard InChI is InChI=1S/C15H29N3O2/c1-5-8-11(2)9-6-7-10-20-14(16)12(3)13(4)18-15(17)19/h11,16H,5-10H2,1-4H3,(H3,17,18,19)/b13-12+,16-14?. The second-order valence-electron chi connectivity index (χ2n) is 5.31. The number of amides is 2. The summed E-state index contributed by atoms with van der Waals surface area (Å²) >= 11 is 0. The Morgan fingerprint density at radius 2 is 1.95 bits per heavy atom. The highest BCUT2D eigenvalue weighted by Crippen LogP contribution is 2.13. The first kappa shape index (κ1) is 18.5. The Bertz CT molecular complexity index is 351. The summed E-state index contributed by atoms with van der Waals surface area (Å²) in [6.07, 6.45) is 5.79. The molecule has 0 saturated heterocycles. The molecule has 116 valence electrons. The summed E-state index contributed by atoms with van der Waals surface area (Å²) in [6, 6.07) is -0.625. The highest BCUT2D eigenvalue weighted by atomic mass is 16.5. The predicted octanol–water partition coefficient (Wildman–Crippen LogP) is 3.55. The van der Waals surface area contributed by atoms with Gasteiger partial charge in [-0.05, 0) is 32.6 Å². The summed E-state index contributed by atoms with van der Waals surface area (Å²) in [4.78, 5) is 10.7. The van der Waals surface area contributed by atoms with Crippen LogP contribution < -0.4 is 11.1 Å². The molecular formula is C15H29N3O2. The zero-order valence-electron chi connectivity index (χ0n) is 13.2. The number of nitrogens with one attached hydrogen (secondary N) is 2. The van der Waals surface area contributed by atoms with Crippen LogP contribution in [0.25, 0.3) is 0 Å². The number of ether oxygens (including phenoxy) is 1. The third kappa shape index (κ3) is 8.56. The normalized spacial score (nSPS) is 13.4. The minimum Gasteiger partial charge on any atom is -0.478 e. The van der Waals surface area contributed by atoms with Crippen LogP contribution in [0.2, 0.25) is 0 Å². The quantitative estimate of drug-likeness (QED) is 0.343. The van der Waals surface area contributed by atoms with E-state index in [-0.39, 0.29) is 5.90 Å². The number of primary amides is 1. The van der Waals surface area contributed by atoms with E-state index in [9.17, 15) is 4.79 Å².